The molecule has 19 heavy (non-hydrogen) atoms. The Balaban J connectivity index is 0.00000180. The van der Waals surface area contributed by atoms with Crippen molar-refractivity contribution in [3.05, 3.63) is 48.5 Å². The summed E-state index contributed by atoms with van der Waals surface area (Å²) in [4.78, 5) is 15.4. The van der Waals surface area contributed by atoms with E-state index in [0.717, 1.165) is 17.9 Å². The molecular formula is C14H17ClN2O2. The number of ketones is 1. The largest absolute Gasteiger partial charge is 0.492 e. The highest BCUT2D eigenvalue weighted by atomic mass is 35.5. The van der Waals surface area contributed by atoms with Crippen LogP contribution in [0.2, 0.25) is 0 Å². The molecule has 2 rings (SSSR count). The van der Waals surface area contributed by atoms with Crippen LogP contribution in [-0.4, -0.2) is 21.9 Å². The Bertz CT molecular complexity index is 495. The fraction of sp³-hybridized carbons (Fsp3) is 0.286. The Morgan fingerprint density at radius 3 is 2.63 bits per heavy atom. The number of carbonyl (C=O) groups excluding carboxylic acids is 1. The molecule has 1 aromatic carbocycles. The molecule has 0 N–H and O–H groups in total. The topological polar surface area (TPSA) is 44.1 Å². The first-order valence-corrected chi connectivity index (χ1v) is 6.01. The highest BCUT2D eigenvalue weighted by Crippen LogP contribution is 2.13. The molecule has 0 atom stereocenters. The van der Waals surface area contributed by atoms with Gasteiger partial charge in [0.05, 0.1) is 12.9 Å². The number of ether oxygens (including phenoxy) is 1. The summed E-state index contributed by atoms with van der Waals surface area (Å²) in [6.45, 7) is 3.20. The molecule has 0 aliphatic carbocycles. The maximum Gasteiger partial charge on any atom is 0.162 e. The van der Waals surface area contributed by atoms with E-state index < -0.39 is 0 Å². The smallest absolute Gasteiger partial charge is 0.162 e. The summed E-state index contributed by atoms with van der Waals surface area (Å²) in [7, 11) is 0. The summed E-state index contributed by atoms with van der Waals surface area (Å²) in [5, 5.41) is 0. The molecule has 0 aliphatic rings. The lowest BCUT2D eigenvalue weighted by molar-refractivity contribution is 0.0988. The minimum absolute atomic E-state index is 0. The van der Waals surface area contributed by atoms with Gasteiger partial charge in [0.2, 0.25) is 0 Å². The van der Waals surface area contributed by atoms with Crippen molar-refractivity contribution < 1.29 is 9.53 Å². The molecule has 0 bridgehead atoms. The van der Waals surface area contributed by atoms with Crippen molar-refractivity contribution in [2.75, 3.05) is 6.61 Å². The van der Waals surface area contributed by atoms with E-state index in [9.17, 15) is 4.79 Å². The van der Waals surface area contributed by atoms with Gasteiger partial charge in [-0.05, 0) is 24.3 Å². The minimum Gasteiger partial charge on any atom is -0.492 e. The van der Waals surface area contributed by atoms with E-state index in [2.05, 4.69) is 4.98 Å². The van der Waals surface area contributed by atoms with Gasteiger partial charge in [-0.1, -0.05) is 6.92 Å². The van der Waals surface area contributed by atoms with Gasteiger partial charge in [0.1, 0.15) is 12.4 Å². The standard InChI is InChI=1S/C14H16N2O2.ClH/c1-2-14(17)12-3-5-13(6-4-12)18-10-9-16-8-7-15-11-16;/h3-8,11H,2,9-10H2,1H3;1H. The molecule has 0 saturated carbocycles. The van der Waals surface area contributed by atoms with E-state index in [-0.39, 0.29) is 18.2 Å². The molecule has 0 unspecified atom stereocenters. The number of rotatable bonds is 6. The Morgan fingerprint density at radius 2 is 2.05 bits per heavy atom. The lowest BCUT2D eigenvalue weighted by Crippen LogP contribution is -2.06. The van der Waals surface area contributed by atoms with E-state index in [1.54, 1.807) is 24.7 Å². The monoisotopic (exact) mass is 280 g/mol. The molecule has 1 heterocycles. The van der Waals surface area contributed by atoms with Crippen LogP contribution in [0.25, 0.3) is 0 Å². The summed E-state index contributed by atoms with van der Waals surface area (Å²) in [6, 6.07) is 7.27. The van der Waals surface area contributed by atoms with Crippen LogP contribution in [0.15, 0.2) is 43.0 Å². The van der Waals surface area contributed by atoms with Crippen LogP contribution >= 0.6 is 12.4 Å². The van der Waals surface area contributed by atoms with Crippen molar-refractivity contribution in [2.45, 2.75) is 19.9 Å². The molecular weight excluding hydrogens is 264 g/mol. The number of carbonyl (C=O) groups is 1. The van der Waals surface area contributed by atoms with Gasteiger partial charge >= 0.3 is 0 Å². The van der Waals surface area contributed by atoms with Gasteiger partial charge in [-0.3, -0.25) is 4.79 Å². The molecule has 1 aromatic heterocycles. The van der Waals surface area contributed by atoms with Gasteiger partial charge in [0, 0.05) is 24.4 Å². The van der Waals surface area contributed by atoms with Crippen molar-refractivity contribution in [2.24, 2.45) is 0 Å². The van der Waals surface area contributed by atoms with Gasteiger partial charge in [0.15, 0.2) is 5.78 Å². The average Bonchev–Trinajstić information content (AvgIpc) is 2.92. The Hall–Kier alpha value is -1.81. The molecule has 0 spiro atoms. The number of halogens is 1. The van der Waals surface area contributed by atoms with Crippen LogP contribution in [0.4, 0.5) is 0 Å². The fourth-order valence-electron chi connectivity index (χ4n) is 1.63. The lowest BCUT2D eigenvalue weighted by atomic mass is 10.1. The first kappa shape index (κ1) is 15.2. The summed E-state index contributed by atoms with van der Waals surface area (Å²) >= 11 is 0. The van der Waals surface area contributed by atoms with Crippen LogP contribution < -0.4 is 4.74 Å². The highest BCUT2D eigenvalue weighted by molar-refractivity contribution is 5.95. The van der Waals surface area contributed by atoms with Crippen molar-refractivity contribution in [1.82, 2.24) is 9.55 Å². The summed E-state index contributed by atoms with van der Waals surface area (Å²) < 4.78 is 7.54. The van der Waals surface area contributed by atoms with Crippen LogP contribution in [0, 0.1) is 0 Å². The van der Waals surface area contributed by atoms with E-state index in [1.165, 1.54) is 0 Å². The predicted octanol–water partition coefficient (Wildman–Crippen LogP) is 2.98. The number of hydrogen-bond donors (Lipinski definition) is 0. The molecule has 4 nitrogen and oxygen atoms in total. The second-order valence-corrected chi connectivity index (χ2v) is 3.95. The van der Waals surface area contributed by atoms with Crippen molar-refractivity contribution in [3.8, 4) is 5.75 Å². The van der Waals surface area contributed by atoms with Gasteiger partial charge in [-0.2, -0.15) is 0 Å². The zero-order valence-corrected chi connectivity index (χ0v) is 11.6. The molecule has 0 amide bonds. The van der Waals surface area contributed by atoms with Crippen LogP contribution in [0.3, 0.4) is 0 Å². The van der Waals surface area contributed by atoms with E-state index >= 15 is 0 Å². The van der Waals surface area contributed by atoms with Crippen LogP contribution in [0.5, 0.6) is 5.75 Å². The number of benzene rings is 1. The summed E-state index contributed by atoms with van der Waals surface area (Å²) in [6.07, 6.45) is 5.92. The van der Waals surface area contributed by atoms with Crippen LogP contribution in [0.1, 0.15) is 23.7 Å². The van der Waals surface area contributed by atoms with Gasteiger partial charge in [0.25, 0.3) is 0 Å². The molecule has 0 saturated heterocycles. The third-order valence-corrected chi connectivity index (χ3v) is 2.67. The minimum atomic E-state index is 0. The number of hydrogen-bond acceptors (Lipinski definition) is 3. The van der Waals surface area contributed by atoms with Crippen molar-refractivity contribution in [3.63, 3.8) is 0 Å². The maximum atomic E-state index is 11.4. The number of nitrogens with zero attached hydrogens (tertiary/aromatic N) is 2. The Labute approximate surface area is 118 Å². The number of Topliss-reactive ketones (excluding diaryl/α,β-unsaturated/α-hetero) is 1. The van der Waals surface area contributed by atoms with Crippen LogP contribution in [-0.2, 0) is 6.54 Å². The molecule has 2 aromatic rings. The Morgan fingerprint density at radius 1 is 1.32 bits per heavy atom. The fourth-order valence-corrected chi connectivity index (χ4v) is 1.63. The number of imidazole rings is 1. The third-order valence-electron chi connectivity index (χ3n) is 2.67. The van der Waals surface area contributed by atoms with E-state index in [4.69, 9.17) is 4.74 Å². The first-order valence-electron chi connectivity index (χ1n) is 6.01. The summed E-state index contributed by atoms with van der Waals surface area (Å²) in [5.41, 5.74) is 0.736. The zero-order chi connectivity index (χ0) is 12.8. The first-order chi connectivity index (χ1) is 8.79. The quantitative estimate of drug-likeness (QED) is 0.764. The predicted molar refractivity (Wildman–Crippen MR) is 76.0 cm³/mol. The molecule has 0 radical (unpaired) electrons. The normalized spacial score (nSPS) is 9.74. The summed E-state index contributed by atoms with van der Waals surface area (Å²) in [5.74, 6) is 0.933. The molecule has 102 valence electrons. The highest BCUT2D eigenvalue weighted by Gasteiger charge is 2.02. The molecule has 0 fully saturated rings. The van der Waals surface area contributed by atoms with Crippen molar-refractivity contribution >= 4 is 18.2 Å². The van der Waals surface area contributed by atoms with Gasteiger partial charge < -0.3 is 9.30 Å². The van der Waals surface area contributed by atoms with Crippen molar-refractivity contribution in [1.29, 1.82) is 0 Å². The molecule has 0 aliphatic heterocycles. The Kier molecular flexibility index (Phi) is 6.09. The average molecular weight is 281 g/mol. The van der Waals surface area contributed by atoms with Gasteiger partial charge in [-0.15, -0.1) is 12.4 Å². The van der Waals surface area contributed by atoms with Gasteiger partial charge in [-0.25, -0.2) is 4.98 Å². The SMILES string of the molecule is CCC(=O)c1ccc(OCCn2ccnc2)cc1.Cl. The third kappa shape index (κ3) is 4.41. The van der Waals surface area contributed by atoms with E-state index in [1.807, 2.05) is 29.8 Å². The second kappa shape index (κ2) is 7.59. The van der Waals surface area contributed by atoms with E-state index in [0.29, 0.717) is 13.0 Å². The second-order valence-electron chi connectivity index (χ2n) is 3.95. The molecule has 5 heteroatoms. The lowest BCUT2D eigenvalue weighted by Gasteiger charge is -2.07. The maximum absolute atomic E-state index is 11.4. The number of aromatic nitrogens is 2. The zero-order valence-electron chi connectivity index (χ0n) is 10.8.